The molecule has 5 atom stereocenters. The van der Waals surface area contributed by atoms with Crippen LogP contribution in [0.1, 0.15) is 11.9 Å². The van der Waals surface area contributed by atoms with Crippen molar-refractivity contribution in [1.29, 1.82) is 0 Å². The molecule has 9 heteroatoms. The molecule has 1 fully saturated rings. The lowest BCUT2D eigenvalue weighted by molar-refractivity contribution is -0.385. The Kier molecular flexibility index (Phi) is 5.40. The zero-order valence-electron chi connectivity index (χ0n) is 11.5. The molecule has 0 aromatic heterocycles. The van der Waals surface area contributed by atoms with Crippen molar-refractivity contribution in [2.45, 2.75) is 30.7 Å². The SMILES string of the molecule is O=[N+]([O-])c1cccc(C2OC[C@H](O)[C@@H]([C@@H](O)[C@H](O)CO)O2)c1. The van der Waals surface area contributed by atoms with E-state index in [0.717, 1.165) is 0 Å². The highest BCUT2D eigenvalue weighted by atomic mass is 16.7. The van der Waals surface area contributed by atoms with Crippen LogP contribution in [0.4, 0.5) is 5.69 Å². The van der Waals surface area contributed by atoms with E-state index in [1.807, 2.05) is 0 Å². The van der Waals surface area contributed by atoms with E-state index in [1.54, 1.807) is 6.07 Å². The number of nitro benzene ring substituents is 1. The fraction of sp³-hybridized carbons (Fsp3) is 0.538. The number of ether oxygens (including phenoxy) is 2. The third-order valence-electron chi connectivity index (χ3n) is 3.35. The van der Waals surface area contributed by atoms with Crippen LogP contribution in [0.5, 0.6) is 0 Å². The van der Waals surface area contributed by atoms with E-state index < -0.39 is 42.2 Å². The smallest absolute Gasteiger partial charge is 0.269 e. The summed E-state index contributed by atoms with van der Waals surface area (Å²) >= 11 is 0. The number of hydrogen-bond donors (Lipinski definition) is 4. The molecule has 1 aliphatic rings. The van der Waals surface area contributed by atoms with Gasteiger partial charge in [-0.1, -0.05) is 12.1 Å². The minimum absolute atomic E-state index is 0.150. The van der Waals surface area contributed by atoms with Gasteiger partial charge in [0.1, 0.15) is 24.4 Å². The highest BCUT2D eigenvalue weighted by Gasteiger charge is 2.39. The lowest BCUT2D eigenvalue weighted by Crippen LogP contribution is -2.52. The number of aliphatic hydroxyl groups excluding tert-OH is 4. The summed E-state index contributed by atoms with van der Waals surface area (Å²) in [6, 6.07) is 5.57. The van der Waals surface area contributed by atoms with Crippen molar-refractivity contribution in [2.24, 2.45) is 0 Å². The number of benzene rings is 1. The van der Waals surface area contributed by atoms with Gasteiger partial charge in [0.2, 0.25) is 0 Å². The molecule has 0 saturated carbocycles. The van der Waals surface area contributed by atoms with Crippen LogP contribution in [0.3, 0.4) is 0 Å². The summed E-state index contributed by atoms with van der Waals surface area (Å²) in [6.07, 6.45) is -6.44. The minimum atomic E-state index is -1.52. The van der Waals surface area contributed by atoms with E-state index in [9.17, 15) is 25.4 Å². The van der Waals surface area contributed by atoms with Crippen LogP contribution in [-0.4, -0.2) is 63.0 Å². The maximum Gasteiger partial charge on any atom is 0.269 e. The molecule has 1 aromatic rings. The quantitative estimate of drug-likeness (QED) is 0.404. The molecular weight excluding hydrogens is 298 g/mol. The third kappa shape index (κ3) is 3.58. The van der Waals surface area contributed by atoms with Gasteiger partial charge in [0.25, 0.3) is 5.69 Å². The molecule has 2 rings (SSSR count). The summed E-state index contributed by atoms with van der Waals surface area (Å²) in [5, 5.41) is 48.7. The maximum atomic E-state index is 10.8. The monoisotopic (exact) mass is 315 g/mol. The van der Waals surface area contributed by atoms with Gasteiger partial charge in [0.05, 0.1) is 18.1 Å². The Morgan fingerprint density at radius 1 is 1.41 bits per heavy atom. The summed E-state index contributed by atoms with van der Waals surface area (Å²) in [7, 11) is 0. The summed E-state index contributed by atoms with van der Waals surface area (Å²) in [4.78, 5) is 10.2. The van der Waals surface area contributed by atoms with Gasteiger partial charge in [-0.15, -0.1) is 0 Å². The lowest BCUT2D eigenvalue weighted by atomic mass is 10.0. The maximum absolute atomic E-state index is 10.8. The fourth-order valence-corrected chi connectivity index (χ4v) is 2.15. The number of aliphatic hydroxyl groups is 4. The first-order valence-electron chi connectivity index (χ1n) is 6.60. The molecule has 4 N–H and O–H groups in total. The molecular formula is C13H17NO8. The first-order chi connectivity index (χ1) is 10.4. The Morgan fingerprint density at radius 3 is 2.77 bits per heavy atom. The Hall–Kier alpha value is -1.62. The minimum Gasteiger partial charge on any atom is -0.394 e. The Balaban J connectivity index is 2.16. The molecule has 0 spiro atoms. The van der Waals surface area contributed by atoms with Gasteiger partial charge in [-0.3, -0.25) is 10.1 Å². The summed E-state index contributed by atoms with van der Waals surface area (Å²) in [5.74, 6) is 0. The van der Waals surface area contributed by atoms with Crippen molar-refractivity contribution in [2.75, 3.05) is 13.2 Å². The van der Waals surface area contributed by atoms with Crippen molar-refractivity contribution in [3.63, 3.8) is 0 Å². The average molecular weight is 315 g/mol. The molecule has 1 saturated heterocycles. The van der Waals surface area contributed by atoms with Crippen LogP contribution < -0.4 is 0 Å². The van der Waals surface area contributed by atoms with Gasteiger partial charge in [0, 0.05) is 17.7 Å². The zero-order valence-corrected chi connectivity index (χ0v) is 11.5. The second-order valence-electron chi connectivity index (χ2n) is 4.93. The van der Waals surface area contributed by atoms with Crippen molar-refractivity contribution in [3.05, 3.63) is 39.9 Å². The van der Waals surface area contributed by atoms with Crippen molar-refractivity contribution >= 4 is 5.69 Å². The second-order valence-corrected chi connectivity index (χ2v) is 4.93. The number of non-ortho nitro benzene ring substituents is 1. The fourth-order valence-electron chi connectivity index (χ4n) is 2.15. The van der Waals surface area contributed by atoms with E-state index in [-0.39, 0.29) is 12.3 Å². The van der Waals surface area contributed by atoms with Gasteiger partial charge in [-0.25, -0.2) is 0 Å². The molecule has 9 nitrogen and oxygen atoms in total. The predicted molar refractivity (Wildman–Crippen MR) is 71.8 cm³/mol. The van der Waals surface area contributed by atoms with Crippen LogP contribution in [0.15, 0.2) is 24.3 Å². The third-order valence-corrected chi connectivity index (χ3v) is 3.35. The Morgan fingerprint density at radius 2 is 2.14 bits per heavy atom. The van der Waals surface area contributed by atoms with Gasteiger partial charge in [-0.2, -0.15) is 0 Å². The standard InChI is InChI=1S/C13H17NO8/c15-5-9(16)11(18)12-10(17)6-21-13(22-12)7-2-1-3-8(4-7)14(19)20/h1-4,9-13,15-18H,5-6H2/t9-,10+,11+,12+,13?/m1/s1. The molecule has 122 valence electrons. The first kappa shape index (κ1) is 16.7. The first-order valence-corrected chi connectivity index (χ1v) is 6.60. The van der Waals surface area contributed by atoms with Crippen molar-refractivity contribution < 1.29 is 34.8 Å². The molecule has 0 aliphatic carbocycles. The van der Waals surface area contributed by atoms with Crippen LogP contribution in [0.25, 0.3) is 0 Å². The number of rotatable bonds is 5. The van der Waals surface area contributed by atoms with E-state index in [1.165, 1.54) is 18.2 Å². The van der Waals surface area contributed by atoms with Crippen molar-refractivity contribution in [3.8, 4) is 0 Å². The summed E-state index contributed by atoms with van der Waals surface area (Å²) in [5.41, 5.74) is 0.195. The number of nitro groups is 1. The van der Waals surface area contributed by atoms with Gasteiger partial charge in [0.15, 0.2) is 6.29 Å². The highest BCUT2D eigenvalue weighted by molar-refractivity contribution is 5.34. The van der Waals surface area contributed by atoms with E-state index in [2.05, 4.69) is 0 Å². The second kappa shape index (κ2) is 7.09. The molecule has 0 bridgehead atoms. The topological polar surface area (TPSA) is 143 Å². The van der Waals surface area contributed by atoms with Crippen molar-refractivity contribution in [1.82, 2.24) is 0 Å². The summed E-state index contributed by atoms with van der Waals surface area (Å²) < 4.78 is 10.6. The normalized spacial score (nSPS) is 28.1. The van der Waals surface area contributed by atoms with Gasteiger partial charge in [-0.05, 0) is 0 Å². The van der Waals surface area contributed by atoms with E-state index >= 15 is 0 Å². The summed E-state index contributed by atoms with van der Waals surface area (Å²) in [6.45, 7) is -0.886. The largest absolute Gasteiger partial charge is 0.394 e. The molecule has 0 radical (unpaired) electrons. The predicted octanol–water partition coefficient (Wildman–Crippen LogP) is -0.916. The average Bonchev–Trinajstić information content (AvgIpc) is 2.54. The van der Waals surface area contributed by atoms with Gasteiger partial charge >= 0.3 is 0 Å². The molecule has 0 amide bonds. The number of hydrogen-bond acceptors (Lipinski definition) is 8. The molecule has 1 aromatic carbocycles. The van der Waals surface area contributed by atoms with Crippen LogP contribution in [-0.2, 0) is 9.47 Å². The number of nitrogens with zero attached hydrogens (tertiary/aromatic N) is 1. The van der Waals surface area contributed by atoms with E-state index in [4.69, 9.17) is 14.6 Å². The Labute approximate surface area is 125 Å². The molecule has 1 unspecified atom stereocenters. The van der Waals surface area contributed by atoms with E-state index in [0.29, 0.717) is 5.56 Å². The highest BCUT2D eigenvalue weighted by Crippen LogP contribution is 2.30. The van der Waals surface area contributed by atoms with Crippen LogP contribution >= 0.6 is 0 Å². The lowest BCUT2D eigenvalue weighted by Gasteiger charge is -2.37. The Bertz CT molecular complexity index is 525. The van der Waals surface area contributed by atoms with Gasteiger partial charge < -0.3 is 29.9 Å². The zero-order chi connectivity index (χ0) is 16.3. The molecule has 22 heavy (non-hydrogen) atoms. The van der Waals surface area contributed by atoms with Crippen LogP contribution in [0, 0.1) is 10.1 Å². The molecule has 1 aliphatic heterocycles. The van der Waals surface area contributed by atoms with Crippen LogP contribution in [0.2, 0.25) is 0 Å². The molecule has 1 heterocycles.